The minimum absolute atomic E-state index is 0.0253. The third-order valence-electron chi connectivity index (χ3n) is 5.96. The fourth-order valence-electron chi connectivity index (χ4n) is 4.26. The zero-order valence-corrected chi connectivity index (χ0v) is 17.1. The molecule has 2 amide bonds. The molecule has 0 saturated heterocycles. The smallest absolute Gasteiger partial charge is 0.329 e. The monoisotopic (exact) mass is 414 g/mol. The van der Waals surface area contributed by atoms with Gasteiger partial charge in [-0.25, -0.2) is 10.3 Å². The molecule has 3 N–H and O–H groups in total. The van der Waals surface area contributed by atoms with E-state index in [0.29, 0.717) is 11.1 Å². The molecule has 0 aromatic heterocycles. The van der Waals surface area contributed by atoms with Crippen molar-refractivity contribution < 1.29 is 24.3 Å². The molecule has 7 nitrogen and oxygen atoms in total. The molecule has 0 bridgehead atoms. The second-order valence-electron chi connectivity index (χ2n) is 8.12. The van der Waals surface area contributed by atoms with Gasteiger partial charge in [-0.2, -0.15) is 0 Å². The minimum atomic E-state index is -0.632. The zero-order chi connectivity index (χ0) is 21.3. The molecule has 0 spiro atoms. The van der Waals surface area contributed by atoms with Crippen molar-refractivity contribution in [1.82, 2.24) is 10.8 Å². The first-order chi connectivity index (χ1) is 14.6. The fourth-order valence-corrected chi connectivity index (χ4v) is 4.26. The maximum Gasteiger partial charge on any atom is 0.329 e. The number of esters is 1. The Morgan fingerprint density at radius 2 is 1.60 bits per heavy atom. The van der Waals surface area contributed by atoms with E-state index in [2.05, 4.69) is 5.32 Å². The summed E-state index contributed by atoms with van der Waals surface area (Å²) >= 11 is 0. The third-order valence-corrected chi connectivity index (χ3v) is 5.96. The number of hydrogen-bond donors (Lipinski definition) is 3. The number of amides is 2. The molecule has 30 heavy (non-hydrogen) atoms. The van der Waals surface area contributed by atoms with Gasteiger partial charge in [-0.1, -0.05) is 31.4 Å². The number of nitrogens with one attached hydrogen (secondary N) is 2. The van der Waals surface area contributed by atoms with Crippen LogP contribution in [-0.2, 0) is 14.3 Å². The van der Waals surface area contributed by atoms with Crippen molar-refractivity contribution in [3.63, 3.8) is 0 Å². The van der Waals surface area contributed by atoms with Gasteiger partial charge in [0.2, 0.25) is 0 Å². The molecule has 0 radical (unpaired) electrons. The molecule has 3 rings (SSSR count). The quantitative estimate of drug-likeness (QED) is 0.275. The van der Waals surface area contributed by atoms with Crippen LogP contribution in [0.4, 0.5) is 0 Å². The molecule has 2 fully saturated rings. The van der Waals surface area contributed by atoms with Crippen LogP contribution in [0.2, 0.25) is 0 Å². The number of hydrogen-bond acceptors (Lipinski definition) is 5. The summed E-state index contributed by atoms with van der Waals surface area (Å²) in [7, 11) is 0. The van der Waals surface area contributed by atoms with Crippen LogP contribution in [0.5, 0.6) is 0 Å². The molecule has 1 atom stereocenters. The predicted molar refractivity (Wildman–Crippen MR) is 112 cm³/mol. The molecule has 2 aliphatic rings. The topological polar surface area (TPSA) is 105 Å². The summed E-state index contributed by atoms with van der Waals surface area (Å²) in [5.41, 5.74) is 2.67. The molecular formula is C23H30N2O5. The van der Waals surface area contributed by atoms with Crippen molar-refractivity contribution in [2.45, 2.75) is 69.9 Å². The molecule has 162 valence electrons. The Kier molecular flexibility index (Phi) is 8.02. The average molecular weight is 415 g/mol. The van der Waals surface area contributed by atoms with E-state index in [4.69, 9.17) is 9.94 Å². The van der Waals surface area contributed by atoms with E-state index in [1.807, 2.05) is 0 Å². The first-order valence-corrected chi connectivity index (χ1v) is 10.8. The molecule has 1 aromatic rings. The number of carbonyl (C=O) groups excluding carboxylic acids is 3. The second-order valence-corrected chi connectivity index (χ2v) is 8.12. The molecule has 1 aromatic carbocycles. The van der Waals surface area contributed by atoms with Crippen LogP contribution in [0, 0.1) is 5.92 Å². The molecular weight excluding hydrogens is 384 g/mol. The van der Waals surface area contributed by atoms with Crippen LogP contribution in [0.25, 0.3) is 6.08 Å². The van der Waals surface area contributed by atoms with Crippen molar-refractivity contribution in [2.75, 3.05) is 0 Å². The van der Waals surface area contributed by atoms with Crippen LogP contribution in [0.15, 0.2) is 30.3 Å². The van der Waals surface area contributed by atoms with Gasteiger partial charge in [0.25, 0.3) is 11.8 Å². The van der Waals surface area contributed by atoms with Crippen LogP contribution in [-0.4, -0.2) is 35.1 Å². The van der Waals surface area contributed by atoms with Crippen LogP contribution in [0.1, 0.15) is 73.7 Å². The highest BCUT2D eigenvalue weighted by Gasteiger charge is 2.34. The van der Waals surface area contributed by atoms with Gasteiger partial charge in [-0.3, -0.25) is 14.8 Å². The Morgan fingerprint density at radius 1 is 0.967 bits per heavy atom. The highest BCUT2D eigenvalue weighted by molar-refractivity contribution is 5.97. The van der Waals surface area contributed by atoms with Crippen molar-refractivity contribution >= 4 is 23.9 Å². The molecule has 2 aliphatic carbocycles. The lowest BCUT2D eigenvalue weighted by molar-refractivity contribution is -0.153. The Balaban J connectivity index is 1.66. The predicted octanol–water partition coefficient (Wildman–Crippen LogP) is 3.37. The molecule has 2 saturated carbocycles. The average Bonchev–Trinajstić information content (AvgIpc) is 3.29. The van der Waals surface area contributed by atoms with Gasteiger partial charge in [0.05, 0.1) is 0 Å². The Labute approximate surface area is 176 Å². The summed E-state index contributed by atoms with van der Waals surface area (Å²) in [5, 5.41) is 11.4. The number of ether oxygens (including phenoxy) is 1. The minimum Gasteiger partial charge on any atom is -0.461 e. The molecule has 0 unspecified atom stereocenters. The summed E-state index contributed by atoms with van der Waals surface area (Å²) in [6, 6.07) is 6.06. The van der Waals surface area contributed by atoms with Crippen molar-refractivity contribution in [3.8, 4) is 0 Å². The second kappa shape index (κ2) is 10.9. The summed E-state index contributed by atoms with van der Waals surface area (Å²) in [4.78, 5) is 36.8. The van der Waals surface area contributed by atoms with Crippen LogP contribution in [0.3, 0.4) is 0 Å². The largest absolute Gasteiger partial charge is 0.461 e. The first-order valence-electron chi connectivity index (χ1n) is 10.8. The number of hydroxylamine groups is 1. The highest BCUT2D eigenvalue weighted by atomic mass is 16.5. The van der Waals surface area contributed by atoms with Gasteiger partial charge in [-0.05, 0) is 68.2 Å². The Morgan fingerprint density at radius 3 is 2.23 bits per heavy atom. The van der Waals surface area contributed by atoms with Crippen LogP contribution < -0.4 is 10.8 Å². The molecule has 0 heterocycles. The summed E-state index contributed by atoms with van der Waals surface area (Å²) in [6.45, 7) is 0. The Bertz CT molecular complexity index is 762. The zero-order valence-electron chi connectivity index (χ0n) is 17.1. The van der Waals surface area contributed by atoms with Gasteiger partial charge in [-0.15, -0.1) is 0 Å². The van der Waals surface area contributed by atoms with E-state index in [9.17, 15) is 14.4 Å². The fraction of sp³-hybridized carbons (Fsp3) is 0.522. The van der Waals surface area contributed by atoms with Crippen molar-refractivity contribution in [2.24, 2.45) is 5.92 Å². The van der Waals surface area contributed by atoms with Gasteiger partial charge in [0.15, 0.2) is 0 Å². The number of rotatable bonds is 7. The standard InChI is InChI=1S/C23H30N2O5/c26-20(25-29)15-12-16-10-13-18(14-11-16)22(27)24-21(17-6-2-1-3-7-17)23(28)30-19-8-4-5-9-19/h10-15,17,19,21,29H,1-9H2,(H,24,27)(H,25,26)/b15-12+/t21-/m0/s1. The maximum atomic E-state index is 12.9. The van der Waals surface area contributed by atoms with E-state index in [-0.39, 0.29) is 23.9 Å². The van der Waals surface area contributed by atoms with Crippen LogP contribution >= 0.6 is 0 Å². The SMILES string of the molecule is O=C(/C=C/c1ccc(C(=O)N[C@H](C(=O)OC2CCCC2)C2CCCCC2)cc1)NO. The lowest BCUT2D eigenvalue weighted by Crippen LogP contribution is -2.48. The van der Waals surface area contributed by atoms with Crippen molar-refractivity contribution in [1.29, 1.82) is 0 Å². The first kappa shape index (κ1) is 22.0. The van der Waals surface area contributed by atoms with Gasteiger partial charge >= 0.3 is 5.97 Å². The molecule has 0 aliphatic heterocycles. The van der Waals surface area contributed by atoms with E-state index < -0.39 is 11.9 Å². The van der Waals surface area contributed by atoms with E-state index in [0.717, 1.165) is 57.8 Å². The Hall–Kier alpha value is -2.67. The van der Waals surface area contributed by atoms with E-state index >= 15 is 0 Å². The van der Waals surface area contributed by atoms with Gasteiger partial charge < -0.3 is 10.1 Å². The third kappa shape index (κ3) is 6.16. The number of benzene rings is 1. The maximum absolute atomic E-state index is 12.9. The van der Waals surface area contributed by atoms with E-state index in [1.165, 1.54) is 17.6 Å². The van der Waals surface area contributed by atoms with Gasteiger partial charge in [0, 0.05) is 11.6 Å². The summed E-state index contributed by atoms with van der Waals surface area (Å²) in [6.07, 6.45) is 11.8. The highest BCUT2D eigenvalue weighted by Crippen LogP contribution is 2.29. The van der Waals surface area contributed by atoms with Crippen molar-refractivity contribution in [3.05, 3.63) is 41.5 Å². The van der Waals surface area contributed by atoms with E-state index in [1.54, 1.807) is 24.3 Å². The number of carbonyl (C=O) groups is 3. The molecule has 7 heteroatoms. The lowest BCUT2D eigenvalue weighted by atomic mass is 9.83. The van der Waals surface area contributed by atoms with Gasteiger partial charge in [0.1, 0.15) is 12.1 Å². The lowest BCUT2D eigenvalue weighted by Gasteiger charge is -2.30. The summed E-state index contributed by atoms with van der Waals surface area (Å²) < 4.78 is 5.73. The normalized spacial score (nSPS) is 18.8. The summed E-state index contributed by atoms with van der Waals surface area (Å²) in [5.74, 6) is -1.14.